The Morgan fingerprint density at radius 2 is 2.15 bits per heavy atom. The second kappa shape index (κ2) is 6.85. The van der Waals surface area contributed by atoms with Gasteiger partial charge < -0.3 is 14.1 Å². The Balaban J connectivity index is 1.33. The number of hydrogen-bond acceptors (Lipinski definition) is 6. The summed E-state index contributed by atoms with van der Waals surface area (Å²) in [6.45, 7) is 4.24. The Labute approximate surface area is 153 Å². The van der Waals surface area contributed by atoms with Crippen LogP contribution in [-0.4, -0.2) is 53.8 Å². The van der Waals surface area contributed by atoms with Crippen LogP contribution in [0.4, 0.5) is 5.95 Å². The van der Waals surface area contributed by atoms with Gasteiger partial charge in [0.25, 0.3) is 0 Å². The van der Waals surface area contributed by atoms with Crippen molar-refractivity contribution < 1.29 is 9.15 Å². The van der Waals surface area contributed by atoms with E-state index in [2.05, 4.69) is 33.1 Å². The number of ether oxygens (including phenoxy) is 1. The van der Waals surface area contributed by atoms with Crippen molar-refractivity contribution in [3.63, 3.8) is 0 Å². The second-order valence-electron chi connectivity index (χ2n) is 7.24. The molecular formula is C20H24N4O2. The average molecular weight is 352 g/mol. The number of nitrogens with zero attached hydrogens (tertiary/aromatic N) is 4. The molecule has 0 spiro atoms. The van der Waals surface area contributed by atoms with Crippen molar-refractivity contribution in [1.29, 1.82) is 0 Å². The van der Waals surface area contributed by atoms with Gasteiger partial charge in [0.1, 0.15) is 5.76 Å². The van der Waals surface area contributed by atoms with Gasteiger partial charge >= 0.3 is 0 Å². The van der Waals surface area contributed by atoms with Crippen LogP contribution >= 0.6 is 0 Å². The Morgan fingerprint density at radius 3 is 3.00 bits per heavy atom. The second-order valence-corrected chi connectivity index (χ2v) is 7.24. The van der Waals surface area contributed by atoms with Crippen LogP contribution in [0.15, 0.2) is 35.1 Å². The Hall–Kier alpha value is -2.18. The maximum atomic E-state index is 5.44. The lowest BCUT2D eigenvalue weighted by Gasteiger charge is -2.35. The zero-order chi connectivity index (χ0) is 17.3. The van der Waals surface area contributed by atoms with Gasteiger partial charge in [-0.2, -0.15) is 0 Å². The molecule has 0 aliphatic carbocycles. The van der Waals surface area contributed by atoms with Crippen LogP contribution in [0.3, 0.4) is 0 Å². The van der Waals surface area contributed by atoms with Crippen LogP contribution in [0.5, 0.6) is 0 Å². The molecule has 0 radical (unpaired) electrons. The van der Waals surface area contributed by atoms with E-state index in [0.29, 0.717) is 12.1 Å². The molecular weight excluding hydrogens is 328 g/mol. The number of aromatic nitrogens is 2. The fourth-order valence-corrected chi connectivity index (χ4v) is 4.44. The van der Waals surface area contributed by atoms with Crippen LogP contribution in [-0.2, 0) is 11.2 Å². The van der Waals surface area contributed by atoms with E-state index in [9.17, 15) is 0 Å². The van der Waals surface area contributed by atoms with Crippen molar-refractivity contribution >= 4 is 12.0 Å². The maximum absolute atomic E-state index is 5.44. The van der Waals surface area contributed by atoms with Crippen molar-refractivity contribution in [2.75, 3.05) is 37.7 Å². The van der Waals surface area contributed by atoms with Gasteiger partial charge in [0.2, 0.25) is 5.95 Å². The minimum absolute atomic E-state index is 0.448. The third kappa shape index (κ3) is 2.93. The summed E-state index contributed by atoms with van der Waals surface area (Å²) in [5.74, 6) is 1.78. The third-order valence-electron chi connectivity index (χ3n) is 5.75. The van der Waals surface area contributed by atoms with E-state index in [1.165, 1.54) is 24.1 Å². The number of morpholine rings is 1. The van der Waals surface area contributed by atoms with Gasteiger partial charge in [-0.25, -0.2) is 9.97 Å². The molecule has 3 aliphatic heterocycles. The van der Waals surface area contributed by atoms with Crippen LogP contribution in [0.25, 0.3) is 6.08 Å². The average Bonchev–Trinajstić information content (AvgIpc) is 3.29. The maximum Gasteiger partial charge on any atom is 0.225 e. The Morgan fingerprint density at radius 1 is 1.23 bits per heavy atom. The summed E-state index contributed by atoms with van der Waals surface area (Å²) in [4.78, 5) is 14.5. The summed E-state index contributed by atoms with van der Waals surface area (Å²) in [7, 11) is 0. The number of anilines is 1. The van der Waals surface area contributed by atoms with E-state index >= 15 is 0 Å². The summed E-state index contributed by atoms with van der Waals surface area (Å²) >= 11 is 0. The highest BCUT2D eigenvalue weighted by atomic mass is 16.5. The molecule has 2 atom stereocenters. The first-order valence-electron chi connectivity index (χ1n) is 9.53. The zero-order valence-corrected chi connectivity index (χ0v) is 14.9. The van der Waals surface area contributed by atoms with Gasteiger partial charge in [-0.3, -0.25) is 4.90 Å². The first kappa shape index (κ1) is 16.0. The number of furan rings is 1. The third-order valence-corrected chi connectivity index (χ3v) is 5.75. The highest BCUT2D eigenvalue weighted by Crippen LogP contribution is 2.43. The molecule has 5 rings (SSSR count). The molecule has 2 saturated heterocycles. The fourth-order valence-electron chi connectivity index (χ4n) is 4.44. The molecule has 2 bridgehead atoms. The van der Waals surface area contributed by atoms with Crippen molar-refractivity contribution in [2.24, 2.45) is 0 Å². The predicted octanol–water partition coefficient (Wildman–Crippen LogP) is 2.68. The van der Waals surface area contributed by atoms with Crippen molar-refractivity contribution in [2.45, 2.75) is 31.3 Å². The molecule has 0 amide bonds. The topological polar surface area (TPSA) is 54.6 Å². The van der Waals surface area contributed by atoms with E-state index in [0.717, 1.165) is 51.0 Å². The Bertz CT molecular complexity index is 783. The number of fused-ring (bicyclic) bond motifs is 4. The van der Waals surface area contributed by atoms with Gasteiger partial charge in [0.15, 0.2) is 0 Å². The molecule has 3 aliphatic rings. The Kier molecular flexibility index (Phi) is 4.22. The van der Waals surface area contributed by atoms with E-state index < -0.39 is 0 Å². The monoisotopic (exact) mass is 352 g/mol. The highest BCUT2D eigenvalue weighted by molar-refractivity contribution is 5.43. The van der Waals surface area contributed by atoms with Crippen molar-refractivity contribution in [3.8, 4) is 0 Å². The lowest BCUT2D eigenvalue weighted by Crippen LogP contribution is -2.40. The van der Waals surface area contributed by atoms with Crippen LogP contribution in [0.1, 0.15) is 35.9 Å². The number of rotatable bonds is 4. The van der Waals surface area contributed by atoms with Crippen molar-refractivity contribution in [1.82, 2.24) is 14.9 Å². The summed E-state index contributed by atoms with van der Waals surface area (Å²) in [6.07, 6.45) is 11.5. The summed E-state index contributed by atoms with van der Waals surface area (Å²) in [5.41, 5.74) is 2.57. The fraction of sp³-hybridized carbons (Fsp3) is 0.500. The smallest absolute Gasteiger partial charge is 0.225 e. The largest absolute Gasteiger partial charge is 0.465 e. The van der Waals surface area contributed by atoms with Crippen LogP contribution < -0.4 is 4.90 Å². The summed E-state index contributed by atoms with van der Waals surface area (Å²) < 4.78 is 10.8. The minimum Gasteiger partial charge on any atom is -0.465 e. The van der Waals surface area contributed by atoms with Gasteiger partial charge in [-0.15, -0.1) is 0 Å². The zero-order valence-electron chi connectivity index (χ0n) is 14.9. The molecule has 6 nitrogen and oxygen atoms in total. The summed E-state index contributed by atoms with van der Waals surface area (Å²) in [5, 5.41) is 0. The lowest BCUT2D eigenvalue weighted by atomic mass is 9.99. The van der Waals surface area contributed by atoms with Gasteiger partial charge in [0.05, 0.1) is 25.2 Å². The van der Waals surface area contributed by atoms with Crippen LogP contribution in [0, 0.1) is 0 Å². The molecule has 0 saturated carbocycles. The molecule has 5 heterocycles. The molecule has 6 heteroatoms. The lowest BCUT2D eigenvalue weighted by molar-refractivity contribution is 0.122. The molecule has 2 aromatic rings. The molecule has 0 N–H and O–H groups in total. The molecule has 2 fully saturated rings. The van der Waals surface area contributed by atoms with Gasteiger partial charge in [0, 0.05) is 49.9 Å². The molecule has 26 heavy (non-hydrogen) atoms. The molecule has 2 unspecified atom stereocenters. The normalized spacial score (nSPS) is 25.8. The SMILES string of the molecule is C(=C\c1ccco1)/CN1C2CCC1c1cnc(N3CCOCC3)nc1C2. The first-order chi connectivity index (χ1) is 12.9. The van der Waals surface area contributed by atoms with Gasteiger partial charge in [-0.05, 0) is 31.1 Å². The van der Waals surface area contributed by atoms with E-state index in [4.69, 9.17) is 14.1 Å². The van der Waals surface area contributed by atoms with E-state index in [1.807, 2.05) is 12.1 Å². The standard InChI is InChI=1S/C20H24N4O2/c1(3-16-4-2-10-26-16)7-24-15-5-6-19(24)17-14-21-20(22-18(17)13-15)23-8-11-25-12-9-23/h1-4,10,14-15,19H,5-9,11-13H2/b3-1+. The van der Waals surface area contributed by atoms with E-state index in [1.54, 1.807) is 6.26 Å². The molecule has 0 aromatic carbocycles. The van der Waals surface area contributed by atoms with Gasteiger partial charge in [-0.1, -0.05) is 6.08 Å². The predicted molar refractivity (Wildman–Crippen MR) is 99.0 cm³/mol. The van der Waals surface area contributed by atoms with E-state index in [-0.39, 0.29) is 0 Å². The molecule has 2 aromatic heterocycles. The minimum atomic E-state index is 0.448. The van der Waals surface area contributed by atoms with Crippen molar-refractivity contribution in [3.05, 3.63) is 47.7 Å². The first-order valence-corrected chi connectivity index (χ1v) is 9.53. The van der Waals surface area contributed by atoms with Crippen LogP contribution in [0.2, 0.25) is 0 Å². The highest BCUT2D eigenvalue weighted by Gasteiger charge is 2.40. The summed E-state index contributed by atoms with van der Waals surface area (Å²) in [6, 6.07) is 4.94. The quantitative estimate of drug-likeness (QED) is 0.843. The number of hydrogen-bond donors (Lipinski definition) is 0. The molecule has 136 valence electrons.